The number of carbonyl (C=O) groups is 4. The third-order valence-electron chi connectivity index (χ3n) is 9.66. The fourth-order valence-electron chi connectivity index (χ4n) is 7.83. The number of amides is 4. The van der Waals surface area contributed by atoms with Gasteiger partial charge in [-0.25, -0.2) is 4.90 Å². The van der Waals surface area contributed by atoms with Crippen LogP contribution in [0.15, 0.2) is 72.0 Å². The van der Waals surface area contributed by atoms with Crippen LogP contribution < -0.4 is 9.64 Å². The summed E-state index contributed by atoms with van der Waals surface area (Å²) in [6.07, 6.45) is 4.86. The van der Waals surface area contributed by atoms with Crippen molar-refractivity contribution in [2.24, 2.45) is 35.0 Å². The van der Waals surface area contributed by atoms with Gasteiger partial charge in [0.1, 0.15) is 11.5 Å². The summed E-state index contributed by atoms with van der Waals surface area (Å²) in [6, 6.07) is 13.9. The number of carbonyl (C=O) groups excluding carboxylic acids is 4. The number of phenolic OH excluding ortho intramolecular Hbond substituents is 1. The zero-order valence-corrected chi connectivity index (χ0v) is 21.7. The van der Waals surface area contributed by atoms with Crippen molar-refractivity contribution in [1.82, 2.24) is 4.90 Å². The summed E-state index contributed by atoms with van der Waals surface area (Å²) in [5.41, 5.74) is 1.95. The largest absolute Gasteiger partial charge is 0.508 e. The van der Waals surface area contributed by atoms with Gasteiger partial charge < -0.3 is 9.84 Å². The molecule has 2 aliphatic carbocycles. The lowest BCUT2D eigenvalue weighted by Gasteiger charge is -2.49. The van der Waals surface area contributed by atoms with Gasteiger partial charge in [-0.3, -0.25) is 24.1 Å². The highest BCUT2D eigenvalue weighted by molar-refractivity contribution is 6.24. The molecule has 7 rings (SSSR count). The van der Waals surface area contributed by atoms with Crippen molar-refractivity contribution in [2.45, 2.75) is 26.2 Å². The van der Waals surface area contributed by atoms with E-state index in [0.29, 0.717) is 30.7 Å². The number of imide groups is 2. The molecule has 6 atom stereocenters. The minimum atomic E-state index is -1.11. The van der Waals surface area contributed by atoms with Crippen molar-refractivity contribution in [3.8, 4) is 11.5 Å². The Bertz CT molecular complexity index is 1530. The Morgan fingerprint density at radius 3 is 2.51 bits per heavy atom. The Hall–Kier alpha value is -4.20. The molecule has 6 unspecified atom stereocenters. The molecule has 198 valence electrons. The van der Waals surface area contributed by atoms with Crippen LogP contribution in [0.25, 0.3) is 0 Å². The predicted octanol–water partition coefficient (Wildman–Crippen LogP) is 3.60. The molecule has 2 saturated heterocycles. The van der Waals surface area contributed by atoms with Gasteiger partial charge in [0.15, 0.2) is 0 Å². The second-order valence-electron chi connectivity index (χ2n) is 11.5. The van der Waals surface area contributed by atoms with Crippen molar-refractivity contribution in [1.29, 1.82) is 0 Å². The molecule has 0 aromatic heterocycles. The van der Waals surface area contributed by atoms with Gasteiger partial charge in [-0.2, -0.15) is 0 Å². The van der Waals surface area contributed by atoms with Crippen molar-refractivity contribution in [3.05, 3.63) is 77.6 Å². The van der Waals surface area contributed by atoms with Gasteiger partial charge in [0, 0.05) is 24.9 Å². The zero-order valence-electron chi connectivity index (χ0n) is 21.7. The molecular weight excluding hydrogens is 496 g/mol. The van der Waals surface area contributed by atoms with Crippen LogP contribution in [0, 0.1) is 35.0 Å². The molecule has 2 aromatic carbocycles. The minimum absolute atomic E-state index is 0.115. The first-order valence-corrected chi connectivity index (χ1v) is 13.3. The Morgan fingerprint density at radius 2 is 1.74 bits per heavy atom. The lowest BCUT2D eigenvalue weighted by molar-refractivity contribution is -0.139. The van der Waals surface area contributed by atoms with Crippen LogP contribution in [0.4, 0.5) is 5.69 Å². The molecule has 2 aromatic rings. The standard InChI is InChI=1S/C31H28N2O6/c1-31-23(28(36)33(30(31)38)18-6-4-3-5-7-18)14-22-20(9-10-21-25(22)29(37)32(2)27(21)35)26(31)17-12-16-13-19(34)8-11-24(16)39-15-17/h3-9,11,13,15,21-23,25-26,34H,10,12,14H2,1-2H3. The van der Waals surface area contributed by atoms with E-state index in [4.69, 9.17) is 4.74 Å². The van der Waals surface area contributed by atoms with Crippen LogP contribution >= 0.6 is 0 Å². The number of rotatable bonds is 2. The number of para-hydroxylation sites is 1. The summed E-state index contributed by atoms with van der Waals surface area (Å²) >= 11 is 0. The number of aromatic hydroxyl groups is 1. The summed E-state index contributed by atoms with van der Waals surface area (Å²) < 4.78 is 5.99. The highest BCUT2D eigenvalue weighted by atomic mass is 16.5. The maximum atomic E-state index is 14.3. The van der Waals surface area contributed by atoms with Gasteiger partial charge in [0.05, 0.1) is 35.1 Å². The highest BCUT2D eigenvalue weighted by Crippen LogP contribution is 2.62. The fourth-order valence-corrected chi connectivity index (χ4v) is 7.83. The molecule has 8 nitrogen and oxygen atoms in total. The molecule has 0 spiro atoms. The van der Waals surface area contributed by atoms with Gasteiger partial charge in [-0.15, -0.1) is 0 Å². The summed E-state index contributed by atoms with van der Waals surface area (Å²) in [7, 11) is 1.52. The van der Waals surface area contributed by atoms with E-state index in [-0.39, 0.29) is 35.3 Å². The minimum Gasteiger partial charge on any atom is -0.508 e. The number of phenols is 1. The SMILES string of the molecule is CN1C(=O)C2CC=C3C(CC4C(=O)N(c5ccccc5)C(=O)C4(C)C3C3=COc4ccc(O)cc4C3)C2C1=O. The van der Waals surface area contributed by atoms with Crippen LogP contribution in [0.3, 0.4) is 0 Å². The van der Waals surface area contributed by atoms with Crippen molar-refractivity contribution in [2.75, 3.05) is 11.9 Å². The molecule has 0 radical (unpaired) electrons. The molecule has 1 saturated carbocycles. The lowest BCUT2D eigenvalue weighted by atomic mass is 9.51. The topological polar surface area (TPSA) is 104 Å². The molecule has 3 aliphatic heterocycles. The molecule has 39 heavy (non-hydrogen) atoms. The van der Waals surface area contributed by atoms with E-state index in [9.17, 15) is 24.3 Å². The third-order valence-corrected chi connectivity index (χ3v) is 9.66. The Kier molecular flexibility index (Phi) is 4.99. The maximum Gasteiger partial charge on any atom is 0.241 e. The van der Waals surface area contributed by atoms with E-state index in [1.807, 2.05) is 19.1 Å². The predicted molar refractivity (Wildman–Crippen MR) is 140 cm³/mol. The molecule has 3 fully saturated rings. The number of hydrogen-bond donors (Lipinski definition) is 1. The lowest BCUT2D eigenvalue weighted by Crippen LogP contribution is -2.51. The van der Waals surface area contributed by atoms with E-state index >= 15 is 0 Å². The smallest absolute Gasteiger partial charge is 0.241 e. The van der Waals surface area contributed by atoms with Crippen molar-refractivity contribution >= 4 is 29.3 Å². The quantitative estimate of drug-likeness (QED) is 0.476. The average Bonchev–Trinajstić information content (AvgIpc) is 3.28. The number of hydrogen-bond acceptors (Lipinski definition) is 6. The van der Waals surface area contributed by atoms with Gasteiger partial charge in [0.25, 0.3) is 0 Å². The highest BCUT2D eigenvalue weighted by Gasteiger charge is 2.67. The van der Waals surface area contributed by atoms with Gasteiger partial charge in [-0.05, 0) is 61.6 Å². The first kappa shape index (κ1) is 23.9. The van der Waals surface area contributed by atoms with Crippen LogP contribution in [0.1, 0.15) is 25.3 Å². The first-order valence-electron chi connectivity index (χ1n) is 13.3. The summed E-state index contributed by atoms with van der Waals surface area (Å²) in [5, 5.41) is 10.1. The second kappa shape index (κ2) is 8.15. The first-order chi connectivity index (χ1) is 18.7. The molecule has 8 heteroatoms. The molecule has 3 heterocycles. The number of benzene rings is 2. The summed E-state index contributed by atoms with van der Waals surface area (Å²) in [5.74, 6) is -2.73. The summed E-state index contributed by atoms with van der Waals surface area (Å²) in [4.78, 5) is 57.1. The van der Waals surface area contributed by atoms with E-state index < -0.39 is 29.1 Å². The van der Waals surface area contributed by atoms with E-state index in [0.717, 1.165) is 16.7 Å². The van der Waals surface area contributed by atoms with Crippen molar-refractivity contribution < 1.29 is 29.0 Å². The van der Waals surface area contributed by atoms with Crippen LogP contribution in [0.5, 0.6) is 11.5 Å². The number of fused-ring (bicyclic) bond motifs is 5. The zero-order chi connectivity index (χ0) is 27.2. The van der Waals surface area contributed by atoms with Gasteiger partial charge >= 0.3 is 0 Å². The third kappa shape index (κ3) is 3.11. The number of anilines is 1. The molecule has 0 bridgehead atoms. The van der Waals surface area contributed by atoms with Crippen LogP contribution in [0.2, 0.25) is 0 Å². The van der Waals surface area contributed by atoms with E-state index in [1.54, 1.807) is 48.7 Å². The van der Waals surface area contributed by atoms with Crippen LogP contribution in [-0.2, 0) is 25.6 Å². The van der Waals surface area contributed by atoms with Crippen molar-refractivity contribution in [3.63, 3.8) is 0 Å². The Morgan fingerprint density at radius 1 is 0.974 bits per heavy atom. The molecular formula is C31H28N2O6. The summed E-state index contributed by atoms with van der Waals surface area (Å²) in [6.45, 7) is 1.86. The monoisotopic (exact) mass is 524 g/mol. The van der Waals surface area contributed by atoms with E-state index in [2.05, 4.69) is 0 Å². The van der Waals surface area contributed by atoms with Gasteiger partial charge in [-0.1, -0.05) is 29.8 Å². The number of nitrogens with zero attached hydrogens (tertiary/aromatic N) is 2. The molecule has 4 amide bonds. The van der Waals surface area contributed by atoms with Crippen LogP contribution in [-0.4, -0.2) is 40.7 Å². The molecule has 5 aliphatic rings. The number of likely N-dealkylation sites (tertiary alicyclic amines) is 1. The number of ether oxygens (including phenoxy) is 1. The Balaban J connectivity index is 1.39. The fraction of sp³-hybridized carbons (Fsp3) is 0.355. The average molecular weight is 525 g/mol. The van der Waals surface area contributed by atoms with E-state index in [1.165, 1.54) is 16.8 Å². The second-order valence-corrected chi connectivity index (χ2v) is 11.5. The Labute approximate surface area is 225 Å². The normalized spacial score (nSPS) is 33.1. The number of allylic oxidation sites excluding steroid dienone is 3. The van der Waals surface area contributed by atoms with Gasteiger partial charge in [0.2, 0.25) is 23.6 Å². The molecule has 1 N–H and O–H groups in total. The maximum absolute atomic E-state index is 14.3.